The van der Waals surface area contributed by atoms with Gasteiger partial charge in [0, 0.05) is 28.3 Å². The Morgan fingerprint density at radius 2 is 2.00 bits per heavy atom. The molecule has 1 saturated heterocycles. The summed E-state index contributed by atoms with van der Waals surface area (Å²) >= 11 is 11.8. The number of hydrogen-bond acceptors (Lipinski definition) is 2. The smallest absolute Gasteiger partial charge is 0.242 e. The van der Waals surface area contributed by atoms with Gasteiger partial charge in [0.1, 0.15) is 0 Å². The molecule has 5 heteroatoms. The zero-order valence-corrected chi connectivity index (χ0v) is 12.5. The second kappa shape index (κ2) is 6.49. The number of likely N-dealkylation sites (tertiary alicyclic amines) is 1. The molecule has 1 aliphatic rings. The molecule has 1 heterocycles. The van der Waals surface area contributed by atoms with Crippen LogP contribution in [0.3, 0.4) is 0 Å². The van der Waals surface area contributed by atoms with E-state index in [2.05, 4.69) is 12.2 Å². The Morgan fingerprint density at radius 1 is 1.32 bits per heavy atom. The van der Waals surface area contributed by atoms with Crippen LogP contribution in [-0.2, 0) is 4.79 Å². The van der Waals surface area contributed by atoms with Gasteiger partial charge < -0.3 is 10.2 Å². The third kappa shape index (κ3) is 4.02. The molecular weight excluding hydrogens is 283 g/mol. The largest absolute Gasteiger partial charge is 0.376 e. The van der Waals surface area contributed by atoms with Gasteiger partial charge in [-0.25, -0.2) is 0 Å². The summed E-state index contributed by atoms with van der Waals surface area (Å²) in [6, 6.07) is 5.54. The summed E-state index contributed by atoms with van der Waals surface area (Å²) in [6.07, 6.45) is 3.40. The summed E-state index contributed by atoms with van der Waals surface area (Å²) in [7, 11) is 0. The molecule has 1 aromatic carbocycles. The van der Waals surface area contributed by atoms with Crippen LogP contribution < -0.4 is 5.32 Å². The number of amides is 1. The normalized spacial score (nSPS) is 19.3. The maximum Gasteiger partial charge on any atom is 0.242 e. The van der Waals surface area contributed by atoms with Crippen LogP contribution in [0.5, 0.6) is 0 Å². The van der Waals surface area contributed by atoms with Crippen LogP contribution in [0.1, 0.15) is 26.2 Å². The first kappa shape index (κ1) is 14.5. The Balaban J connectivity index is 1.92. The molecule has 1 unspecified atom stereocenters. The molecule has 0 spiro atoms. The molecule has 0 radical (unpaired) electrons. The minimum absolute atomic E-state index is 0.128. The minimum atomic E-state index is 0.128. The van der Waals surface area contributed by atoms with Crippen molar-refractivity contribution in [2.24, 2.45) is 0 Å². The highest BCUT2D eigenvalue weighted by Gasteiger charge is 2.22. The van der Waals surface area contributed by atoms with Crippen LogP contribution in [0.2, 0.25) is 10.0 Å². The van der Waals surface area contributed by atoms with Crippen LogP contribution in [0.25, 0.3) is 0 Å². The predicted molar refractivity (Wildman–Crippen MR) is 80.0 cm³/mol. The van der Waals surface area contributed by atoms with Crippen molar-refractivity contribution in [3.63, 3.8) is 0 Å². The Hall–Kier alpha value is -0.930. The molecule has 0 aliphatic carbocycles. The van der Waals surface area contributed by atoms with Crippen LogP contribution in [0.15, 0.2) is 18.2 Å². The van der Waals surface area contributed by atoms with Gasteiger partial charge in [-0.1, -0.05) is 23.2 Å². The number of rotatable bonds is 3. The molecule has 0 bridgehead atoms. The highest BCUT2D eigenvalue weighted by atomic mass is 35.5. The van der Waals surface area contributed by atoms with Crippen LogP contribution in [-0.4, -0.2) is 29.9 Å². The maximum atomic E-state index is 12.1. The lowest BCUT2D eigenvalue weighted by Crippen LogP contribution is -2.44. The summed E-state index contributed by atoms with van der Waals surface area (Å²) in [5.74, 6) is 0.128. The van der Waals surface area contributed by atoms with E-state index >= 15 is 0 Å². The molecule has 0 aromatic heterocycles. The maximum absolute atomic E-state index is 12.1. The molecule has 19 heavy (non-hydrogen) atoms. The lowest BCUT2D eigenvalue weighted by Gasteiger charge is -2.33. The topological polar surface area (TPSA) is 32.3 Å². The predicted octanol–water partition coefficient (Wildman–Crippen LogP) is 3.81. The number of nitrogens with zero attached hydrogens (tertiary/aromatic N) is 1. The van der Waals surface area contributed by atoms with E-state index in [0.717, 1.165) is 25.1 Å². The molecule has 1 fully saturated rings. The second-order valence-corrected chi connectivity index (χ2v) is 5.82. The van der Waals surface area contributed by atoms with Crippen LogP contribution in [0, 0.1) is 0 Å². The van der Waals surface area contributed by atoms with Crippen molar-refractivity contribution in [2.75, 3.05) is 18.4 Å². The lowest BCUT2D eigenvalue weighted by atomic mass is 10.0. The molecule has 0 saturated carbocycles. The number of nitrogens with one attached hydrogen (secondary N) is 1. The number of carbonyl (C=O) groups excluding carboxylic acids is 1. The first-order chi connectivity index (χ1) is 9.06. The Bertz CT molecular complexity index is 445. The number of halogens is 2. The Morgan fingerprint density at radius 3 is 2.63 bits per heavy atom. The fourth-order valence-electron chi connectivity index (χ4n) is 2.40. The summed E-state index contributed by atoms with van der Waals surface area (Å²) in [5.41, 5.74) is 0.774. The highest BCUT2D eigenvalue weighted by Crippen LogP contribution is 2.22. The Labute approximate surface area is 123 Å². The zero-order chi connectivity index (χ0) is 13.8. The SMILES string of the molecule is CC1CCCCN1C(=O)CNc1cc(Cl)cc(Cl)c1. The fourth-order valence-corrected chi connectivity index (χ4v) is 2.93. The van der Waals surface area contributed by atoms with Gasteiger partial charge in [0.25, 0.3) is 0 Å². The zero-order valence-electron chi connectivity index (χ0n) is 11.0. The number of anilines is 1. The van der Waals surface area contributed by atoms with Gasteiger partial charge in [-0.3, -0.25) is 4.79 Å². The summed E-state index contributed by atoms with van der Waals surface area (Å²) in [4.78, 5) is 14.1. The van der Waals surface area contributed by atoms with Gasteiger partial charge in [-0.2, -0.15) is 0 Å². The van der Waals surface area contributed by atoms with Crippen molar-refractivity contribution in [3.05, 3.63) is 28.2 Å². The van der Waals surface area contributed by atoms with Crippen molar-refractivity contribution < 1.29 is 4.79 Å². The van der Waals surface area contributed by atoms with E-state index < -0.39 is 0 Å². The fraction of sp³-hybridized carbons (Fsp3) is 0.500. The molecule has 1 atom stereocenters. The van der Waals surface area contributed by atoms with Gasteiger partial charge in [-0.05, 0) is 44.4 Å². The first-order valence-corrected chi connectivity index (χ1v) is 7.31. The van der Waals surface area contributed by atoms with Crippen molar-refractivity contribution >= 4 is 34.8 Å². The number of piperidine rings is 1. The van der Waals surface area contributed by atoms with E-state index in [1.807, 2.05) is 4.90 Å². The first-order valence-electron chi connectivity index (χ1n) is 6.55. The van der Waals surface area contributed by atoms with Crippen LogP contribution >= 0.6 is 23.2 Å². The van der Waals surface area contributed by atoms with Crippen LogP contribution in [0.4, 0.5) is 5.69 Å². The molecule has 1 aromatic rings. The van der Waals surface area contributed by atoms with Gasteiger partial charge in [0.05, 0.1) is 6.54 Å². The molecule has 1 amide bonds. The Kier molecular flexibility index (Phi) is 4.94. The summed E-state index contributed by atoms with van der Waals surface area (Å²) in [5, 5.41) is 4.21. The van der Waals surface area contributed by atoms with E-state index in [0.29, 0.717) is 16.1 Å². The van der Waals surface area contributed by atoms with E-state index in [-0.39, 0.29) is 12.5 Å². The van der Waals surface area contributed by atoms with Gasteiger partial charge in [-0.15, -0.1) is 0 Å². The number of benzene rings is 1. The van der Waals surface area contributed by atoms with E-state index in [1.54, 1.807) is 18.2 Å². The molecule has 104 valence electrons. The van der Waals surface area contributed by atoms with E-state index in [1.165, 1.54) is 6.42 Å². The third-order valence-corrected chi connectivity index (χ3v) is 3.87. The third-order valence-electron chi connectivity index (χ3n) is 3.43. The quantitative estimate of drug-likeness (QED) is 0.921. The van der Waals surface area contributed by atoms with Crippen molar-refractivity contribution in [1.82, 2.24) is 4.90 Å². The highest BCUT2D eigenvalue weighted by molar-refractivity contribution is 6.35. The van der Waals surface area contributed by atoms with Gasteiger partial charge >= 0.3 is 0 Å². The molecule has 2 rings (SSSR count). The summed E-state index contributed by atoms with van der Waals surface area (Å²) < 4.78 is 0. The van der Waals surface area contributed by atoms with Gasteiger partial charge in [0.2, 0.25) is 5.91 Å². The van der Waals surface area contributed by atoms with Gasteiger partial charge in [0.15, 0.2) is 0 Å². The number of hydrogen-bond donors (Lipinski definition) is 1. The summed E-state index contributed by atoms with van der Waals surface area (Å²) in [6.45, 7) is 3.24. The van der Waals surface area contributed by atoms with Crippen molar-refractivity contribution in [3.8, 4) is 0 Å². The average molecular weight is 301 g/mol. The van der Waals surface area contributed by atoms with Crippen molar-refractivity contribution in [2.45, 2.75) is 32.2 Å². The van der Waals surface area contributed by atoms with E-state index in [4.69, 9.17) is 23.2 Å². The molecule has 1 N–H and O–H groups in total. The van der Waals surface area contributed by atoms with E-state index in [9.17, 15) is 4.79 Å². The van der Waals surface area contributed by atoms with Crippen molar-refractivity contribution in [1.29, 1.82) is 0 Å². The second-order valence-electron chi connectivity index (χ2n) is 4.94. The average Bonchev–Trinajstić information content (AvgIpc) is 2.35. The number of carbonyl (C=O) groups is 1. The lowest BCUT2D eigenvalue weighted by molar-refractivity contribution is -0.132. The monoisotopic (exact) mass is 300 g/mol. The standard InChI is InChI=1S/C14H18Cl2N2O/c1-10-4-2-3-5-18(10)14(19)9-17-13-7-11(15)6-12(16)8-13/h6-8,10,17H,2-5,9H2,1H3. The molecule has 3 nitrogen and oxygen atoms in total. The molecular formula is C14H18Cl2N2O. The minimum Gasteiger partial charge on any atom is -0.376 e. The molecule has 1 aliphatic heterocycles.